The second-order valence-electron chi connectivity index (χ2n) is 9.69. The molecule has 5 rings (SSSR count). The lowest BCUT2D eigenvalue weighted by Crippen LogP contribution is -2.58. The van der Waals surface area contributed by atoms with Crippen molar-refractivity contribution in [1.82, 2.24) is 29.9 Å². The molecule has 0 bridgehead atoms. The predicted octanol–water partition coefficient (Wildman–Crippen LogP) is 2.87. The van der Waals surface area contributed by atoms with Crippen molar-refractivity contribution >= 4 is 16.7 Å². The molecule has 180 valence electrons. The van der Waals surface area contributed by atoms with E-state index in [0.717, 1.165) is 48.2 Å². The molecule has 3 aromatic rings. The minimum Gasteiger partial charge on any atom is -0.347 e. The molecule has 2 aliphatic rings. The Morgan fingerprint density at radius 3 is 2.68 bits per heavy atom. The highest BCUT2D eigenvalue weighted by molar-refractivity contribution is 5.87. The number of carbonyl (C=O) groups is 1. The fraction of sp³-hybridized carbons (Fsp3) is 0.500. The molecule has 1 atom stereocenters. The Morgan fingerprint density at radius 1 is 1.09 bits per heavy atom. The predicted molar refractivity (Wildman–Crippen MR) is 132 cm³/mol. The zero-order chi connectivity index (χ0) is 23.7. The summed E-state index contributed by atoms with van der Waals surface area (Å²) in [5, 5.41) is 9.73. The minimum atomic E-state index is -0.948. The Balaban J connectivity index is 1.51. The van der Waals surface area contributed by atoms with Gasteiger partial charge in [0, 0.05) is 44.2 Å². The molecule has 2 saturated heterocycles. The van der Waals surface area contributed by atoms with Gasteiger partial charge in [-0.2, -0.15) is 5.10 Å². The highest BCUT2D eigenvalue weighted by Gasteiger charge is 2.40. The van der Waals surface area contributed by atoms with Crippen molar-refractivity contribution in [2.75, 3.05) is 39.8 Å². The molecule has 1 N–H and O–H groups in total. The average Bonchev–Trinajstić information content (AvgIpc) is 3.18. The van der Waals surface area contributed by atoms with E-state index in [9.17, 15) is 4.79 Å². The van der Waals surface area contributed by atoms with Crippen molar-refractivity contribution in [2.45, 2.75) is 38.5 Å². The monoisotopic (exact) mass is 462 g/mol. The van der Waals surface area contributed by atoms with Crippen molar-refractivity contribution in [3.05, 3.63) is 48.0 Å². The number of piperidine rings is 1. The van der Waals surface area contributed by atoms with Gasteiger partial charge in [0.1, 0.15) is 0 Å². The molecular weight excluding hydrogens is 428 g/mol. The first-order valence-electron chi connectivity index (χ1n) is 12.2. The summed E-state index contributed by atoms with van der Waals surface area (Å²) in [6.45, 7) is 6.63. The Kier molecular flexibility index (Phi) is 6.38. The third-order valence-corrected chi connectivity index (χ3v) is 7.02. The Morgan fingerprint density at radius 2 is 1.91 bits per heavy atom. The molecule has 1 amide bonds. The molecule has 1 unspecified atom stereocenters. The first kappa shape index (κ1) is 23.0. The molecule has 0 spiro atoms. The molecule has 0 radical (unpaired) electrons. The van der Waals surface area contributed by atoms with E-state index in [-0.39, 0.29) is 5.91 Å². The number of fused-ring (bicyclic) bond motifs is 1. The number of aromatic nitrogens is 3. The number of likely N-dealkylation sites (N-methyl/N-ethyl adjacent to an activating group) is 1. The van der Waals surface area contributed by atoms with Crippen LogP contribution in [-0.2, 0) is 28.8 Å². The van der Waals surface area contributed by atoms with E-state index in [0.29, 0.717) is 13.2 Å². The van der Waals surface area contributed by atoms with Crippen molar-refractivity contribution in [3.8, 4) is 11.1 Å². The first-order valence-corrected chi connectivity index (χ1v) is 12.2. The van der Waals surface area contributed by atoms with Crippen molar-refractivity contribution in [1.29, 1.82) is 0 Å². The molecule has 0 aliphatic carbocycles. The minimum absolute atomic E-state index is 0.135. The normalized spacial score (nSPS) is 22.2. The van der Waals surface area contributed by atoms with E-state index < -0.39 is 5.72 Å². The second kappa shape index (κ2) is 9.44. The topological polar surface area (TPSA) is 75.5 Å². The average molecular weight is 463 g/mol. The smallest absolute Gasteiger partial charge is 0.219 e. The highest BCUT2D eigenvalue weighted by atomic mass is 16.5. The number of pyridine rings is 1. The lowest BCUT2D eigenvalue weighted by atomic mass is 9.99. The number of carbonyl (C=O) groups excluding carboxylic acids is 1. The van der Waals surface area contributed by atoms with Crippen LogP contribution in [0.25, 0.3) is 21.9 Å². The Hall–Kier alpha value is -2.81. The van der Waals surface area contributed by atoms with E-state index in [1.807, 2.05) is 31.2 Å². The molecule has 1 aromatic carbocycles. The summed E-state index contributed by atoms with van der Waals surface area (Å²) >= 11 is 0. The summed E-state index contributed by atoms with van der Waals surface area (Å²) in [5.74, 6) is -0.135. The fourth-order valence-electron chi connectivity index (χ4n) is 5.21. The highest BCUT2D eigenvalue weighted by Crippen LogP contribution is 2.31. The molecule has 2 aliphatic heterocycles. The zero-order valence-corrected chi connectivity index (χ0v) is 20.4. The molecule has 34 heavy (non-hydrogen) atoms. The lowest BCUT2D eigenvalue weighted by Gasteiger charge is -2.41. The zero-order valence-electron chi connectivity index (χ0n) is 20.4. The maximum Gasteiger partial charge on any atom is 0.219 e. The van der Waals surface area contributed by atoms with Gasteiger partial charge >= 0.3 is 0 Å². The number of benzene rings is 1. The third-order valence-electron chi connectivity index (χ3n) is 7.02. The van der Waals surface area contributed by atoms with Gasteiger partial charge in [0.2, 0.25) is 5.91 Å². The van der Waals surface area contributed by atoms with Gasteiger partial charge in [-0.1, -0.05) is 18.6 Å². The number of hydrogen-bond acceptors (Lipinski definition) is 6. The lowest BCUT2D eigenvalue weighted by molar-refractivity contribution is -0.151. The number of nitrogens with zero attached hydrogens (tertiary/aromatic N) is 5. The van der Waals surface area contributed by atoms with Gasteiger partial charge in [-0.05, 0) is 56.1 Å². The van der Waals surface area contributed by atoms with Crippen LogP contribution < -0.4 is 5.32 Å². The van der Waals surface area contributed by atoms with Crippen LogP contribution in [0.15, 0.2) is 36.7 Å². The van der Waals surface area contributed by atoms with Crippen LogP contribution in [-0.4, -0.2) is 70.3 Å². The molecular formula is C26H34N6O2. The summed E-state index contributed by atoms with van der Waals surface area (Å²) in [5.41, 5.74) is 3.32. The molecule has 2 fully saturated rings. The summed E-state index contributed by atoms with van der Waals surface area (Å²) in [6, 6.07) is 8.51. The second-order valence-corrected chi connectivity index (χ2v) is 9.69. The number of ether oxygens (including phenoxy) is 1. The van der Waals surface area contributed by atoms with Crippen molar-refractivity contribution < 1.29 is 9.53 Å². The van der Waals surface area contributed by atoms with Crippen LogP contribution >= 0.6 is 0 Å². The van der Waals surface area contributed by atoms with Crippen molar-refractivity contribution in [3.63, 3.8) is 0 Å². The number of rotatable bonds is 5. The molecule has 4 heterocycles. The number of nitrogens with one attached hydrogen (secondary N) is 1. The quantitative estimate of drug-likeness (QED) is 0.629. The maximum absolute atomic E-state index is 12.1. The standard InChI is InChI=1S/C26H34N6O2/c1-19(33)29-26(18-30(2)11-12-34-26)25-14-22-13-20(7-8-21(22)15-27-25)23-16-28-31(3)24(23)17-32-9-5-4-6-10-32/h7-8,13-16H,4-6,9-12,17-18H2,1-3H3,(H,29,33). The number of hydrogen-bond donors (Lipinski definition) is 1. The van der Waals surface area contributed by atoms with Crippen LogP contribution in [0.3, 0.4) is 0 Å². The summed E-state index contributed by atoms with van der Waals surface area (Å²) in [7, 11) is 4.06. The summed E-state index contributed by atoms with van der Waals surface area (Å²) in [6.07, 6.45) is 7.71. The van der Waals surface area contributed by atoms with Gasteiger partial charge in [0.15, 0.2) is 5.72 Å². The third kappa shape index (κ3) is 4.58. The van der Waals surface area contributed by atoms with E-state index in [1.165, 1.54) is 37.4 Å². The maximum atomic E-state index is 12.1. The largest absolute Gasteiger partial charge is 0.347 e. The van der Waals surface area contributed by atoms with E-state index in [1.54, 1.807) is 0 Å². The number of likely N-dealkylation sites (tertiary alicyclic amines) is 1. The van der Waals surface area contributed by atoms with Crippen LogP contribution in [0.4, 0.5) is 0 Å². The number of morpholine rings is 1. The van der Waals surface area contributed by atoms with Gasteiger partial charge in [-0.25, -0.2) is 0 Å². The van der Waals surface area contributed by atoms with Crippen molar-refractivity contribution in [2.24, 2.45) is 7.05 Å². The summed E-state index contributed by atoms with van der Waals surface area (Å²) in [4.78, 5) is 21.4. The Labute approximate surface area is 200 Å². The van der Waals surface area contributed by atoms with E-state index >= 15 is 0 Å². The van der Waals surface area contributed by atoms with Gasteiger partial charge in [0.05, 0.1) is 30.7 Å². The molecule has 8 nitrogen and oxygen atoms in total. The fourth-order valence-corrected chi connectivity index (χ4v) is 5.21. The van der Waals surface area contributed by atoms with Gasteiger partial charge < -0.3 is 10.1 Å². The number of amides is 1. The van der Waals surface area contributed by atoms with Gasteiger partial charge in [-0.3, -0.25) is 24.3 Å². The van der Waals surface area contributed by atoms with Crippen LogP contribution in [0.5, 0.6) is 0 Å². The van der Waals surface area contributed by atoms with Crippen LogP contribution in [0, 0.1) is 0 Å². The first-order chi connectivity index (χ1) is 16.4. The molecule has 2 aromatic heterocycles. The molecule has 0 saturated carbocycles. The van der Waals surface area contributed by atoms with E-state index in [2.05, 4.69) is 44.5 Å². The van der Waals surface area contributed by atoms with Crippen LogP contribution in [0.1, 0.15) is 37.6 Å². The Bertz CT molecular complexity index is 1190. The molecule has 8 heteroatoms. The number of aryl methyl sites for hydroxylation is 1. The van der Waals surface area contributed by atoms with Gasteiger partial charge in [-0.15, -0.1) is 0 Å². The van der Waals surface area contributed by atoms with Crippen LogP contribution in [0.2, 0.25) is 0 Å². The summed E-state index contributed by atoms with van der Waals surface area (Å²) < 4.78 is 8.15. The van der Waals surface area contributed by atoms with Gasteiger partial charge in [0.25, 0.3) is 0 Å². The van der Waals surface area contributed by atoms with E-state index in [4.69, 9.17) is 9.72 Å². The SMILES string of the molecule is CC(=O)NC1(c2cc3cc(-c4cnn(C)c4CN4CCCCC4)ccc3cn2)CN(C)CCO1.